The third-order valence-corrected chi connectivity index (χ3v) is 2.27. The molecule has 0 unspecified atom stereocenters. The van der Waals surface area contributed by atoms with Crippen molar-refractivity contribution in [3.05, 3.63) is 4.73 Å². The van der Waals surface area contributed by atoms with Gasteiger partial charge in [-0.15, -0.1) is 5.10 Å². The maximum Gasteiger partial charge on any atom is 0.318 e. The van der Waals surface area contributed by atoms with Crippen molar-refractivity contribution in [3.63, 3.8) is 0 Å². The number of halogens is 1. The van der Waals surface area contributed by atoms with Crippen molar-refractivity contribution in [1.82, 2.24) is 14.8 Å². The Bertz CT molecular complexity index is 296. The summed E-state index contributed by atoms with van der Waals surface area (Å²) in [7, 11) is 1.57. The summed E-state index contributed by atoms with van der Waals surface area (Å²) in [4.78, 5) is 4.04. The minimum absolute atomic E-state index is 0.0197. The van der Waals surface area contributed by atoms with Gasteiger partial charge in [-0.1, -0.05) is 0 Å². The van der Waals surface area contributed by atoms with Crippen molar-refractivity contribution < 1.29 is 9.47 Å². The molecular formula is C7H10BrN3O2. The van der Waals surface area contributed by atoms with Crippen molar-refractivity contribution in [2.45, 2.75) is 19.1 Å². The Morgan fingerprint density at radius 3 is 3.15 bits per heavy atom. The summed E-state index contributed by atoms with van der Waals surface area (Å²) in [6.07, 6.45) is 2.01. The monoisotopic (exact) mass is 247 g/mol. The molecule has 1 saturated heterocycles. The van der Waals surface area contributed by atoms with E-state index in [1.54, 1.807) is 11.8 Å². The smallest absolute Gasteiger partial charge is 0.318 e. The largest absolute Gasteiger partial charge is 0.467 e. The number of nitrogens with zero attached hydrogens (tertiary/aromatic N) is 3. The van der Waals surface area contributed by atoms with Crippen LogP contribution in [0, 0.1) is 0 Å². The molecule has 0 N–H and O–H groups in total. The zero-order valence-electron chi connectivity index (χ0n) is 7.23. The summed E-state index contributed by atoms with van der Waals surface area (Å²) in [6, 6.07) is 0.485. The van der Waals surface area contributed by atoms with Gasteiger partial charge in [0.15, 0.2) is 6.23 Å². The van der Waals surface area contributed by atoms with Gasteiger partial charge in [0, 0.05) is 6.61 Å². The molecule has 2 rings (SSSR count). The van der Waals surface area contributed by atoms with Crippen LogP contribution in [0.1, 0.15) is 19.1 Å². The topological polar surface area (TPSA) is 49.2 Å². The van der Waals surface area contributed by atoms with Gasteiger partial charge < -0.3 is 9.47 Å². The summed E-state index contributed by atoms with van der Waals surface area (Å²) in [6.45, 7) is 0.783. The van der Waals surface area contributed by atoms with Gasteiger partial charge in [0.25, 0.3) is 0 Å². The highest BCUT2D eigenvalue weighted by Gasteiger charge is 2.22. The summed E-state index contributed by atoms with van der Waals surface area (Å²) in [5.74, 6) is 0. The van der Waals surface area contributed by atoms with Crippen molar-refractivity contribution in [1.29, 1.82) is 0 Å². The SMILES string of the molecule is COc1nc(Br)nn1[C@H]1CCCO1. The van der Waals surface area contributed by atoms with E-state index in [1.165, 1.54) is 0 Å². The van der Waals surface area contributed by atoms with Gasteiger partial charge in [-0.3, -0.25) is 0 Å². The van der Waals surface area contributed by atoms with Crippen LogP contribution in [-0.2, 0) is 4.74 Å². The predicted octanol–water partition coefficient (Wildman–Crippen LogP) is 1.36. The standard InChI is InChI=1S/C7H10BrN3O2/c1-12-7-9-6(8)10-11(7)5-3-2-4-13-5/h5H,2-4H2,1H3/t5-/m1/s1. The first-order valence-electron chi connectivity index (χ1n) is 4.09. The second-order valence-electron chi connectivity index (χ2n) is 2.78. The Hall–Kier alpha value is -0.620. The molecule has 1 aliphatic rings. The van der Waals surface area contributed by atoms with Gasteiger partial charge in [0.05, 0.1) is 7.11 Å². The highest BCUT2D eigenvalue weighted by Crippen LogP contribution is 2.26. The second-order valence-corrected chi connectivity index (χ2v) is 3.49. The normalized spacial score (nSPS) is 22.2. The lowest BCUT2D eigenvalue weighted by Crippen LogP contribution is -2.10. The van der Waals surface area contributed by atoms with Gasteiger partial charge in [-0.05, 0) is 28.8 Å². The second kappa shape index (κ2) is 3.63. The van der Waals surface area contributed by atoms with Crippen LogP contribution in [0.5, 0.6) is 6.01 Å². The third-order valence-electron chi connectivity index (χ3n) is 1.94. The molecule has 0 bridgehead atoms. The van der Waals surface area contributed by atoms with E-state index in [2.05, 4.69) is 26.0 Å². The fourth-order valence-electron chi connectivity index (χ4n) is 1.36. The van der Waals surface area contributed by atoms with E-state index in [0.29, 0.717) is 10.7 Å². The first-order chi connectivity index (χ1) is 6.31. The van der Waals surface area contributed by atoms with Crippen molar-refractivity contribution in [3.8, 4) is 6.01 Å². The van der Waals surface area contributed by atoms with Crippen LogP contribution in [0.4, 0.5) is 0 Å². The molecule has 1 fully saturated rings. The van der Waals surface area contributed by atoms with Crippen LogP contribution in [0.3, 0.4) is 0 Å². The molecule has 0 aliphatic carbocycles. The summed E-state index contributed by atoms with van der Waals surface area (Å²) < 4.78 is 12.7. The molecule has 1 atom stereocenters. The van der Waals surface area contributed by atoms with Crippen LogP contribution in [-0.4, -0.2) is 28.5 Å². The van der Waals surface area contributed by atoms with Gasteiger partial charge in [-0.2, -0.15) is 9.67 Å². The van der Waals surface area contributed by atoms with Crippen molar-refractivity contribution in [2.24, 2.45) is 0 Å². The molecule has 72 valence electrons. The molecule has 13 heavy (non-hydrogen) atoms. The van der Waals surface area contributed by atoms with Gasteiger partial charge >= 0.3 is 6.01 Å². The molecule has 1 aliphatic heterocycles. The Morgan fingerprint density at radius 1 is 1.69 bits per heavy atom. The van der Waals surface area contributed by atoms with Crippen LogP contribution in [0.25, 0.3) is 0 Å². The first kappa shape index (κ1) is 8.96. The Labute approximate surface area is 84.2 Å². The number of methoxy groups -OCH3 is 1. The third kappa shape index (κ3) is 1.68. The highest BCUT2D eigenvalue weighted by molar-refractivity contribution is 9.10. The molecule has 1 aromatic heterocycles. The van der Waals surface area contributed by atoms with E-state index in [9.17, 15) is 0 Å². The maximum absolute atomic E-state index is 5.45. The van der Waals surface area contributed by atoms with Crippen LogP contribution < -0.4 is 4.74 Å². The molecule has 6 heteroatoms. The van der Waals surface area contributed by atoms with E-state index < -0.39 is 0 Å². The number of rotatable bonds is 2. The van der Waals surface area contributed by atoms with Gasteiger partial charge in [0.2, 0.25) is 4.73 Å². The summed E-state index contributed by atoms with van der Waals surface area (Å²) in [5.41, 5.74) is 0. The summed E-state index contributed by atoms with van der Waals surface area (Å²) in [5, 5.41) is 4.14. The molecule has 0 spiro atoms. The Kier molecular flexibility index (Phi) is 2.50. The first-order valence-corrected chi connectivity index (χ1v) is 4.88. The lowest BCUT2D eigenvalue weighted by atomic mass is 10.3. The maximum atomic E-state index is 5.45. The molecule has 0 saturated carbocycles. The van der Waals surface area contributed by atoms with Gasteiger partial charge in [0.1, 0.15) is 0 Å². The lowest BCUT2D eigenvalue weighted by Gasteiger charge is -2.10. The number of hydrogen-bond acceptors (Lipinski definition) is 4. The molecule has 0 amide bonds. The molecule has 5 nitrogen and oxygen atoms in total. The number of aromatic nitrogens is 3. The molecular weight excluding hydrogens is 238 g/mol. The van der Waals surface area contributed by atoms with Gasteiger partial charge in [-0.25, -0.2) is 0 Å². The molecule has 1 aromatic rings. The van der Waals surface area contributed by atoms with E-state index in [1.807, 2.05) is 0 Å². The molecule has 0 radical (unpaired) electrons. The average Bonchev–Trinajstić information content (AvgIpc) is 2.71. The van der Waals surface area contributed by atoms with Crippen LogP contribution in [0.2, 0.25) is 0 Å². The minimum atomic E-state index is -0.0197. The van der Waals surface area contributed by atoms with E-state index in [4.69, 9.17) is 9.47 Å². The fourth-order valence-corrected chi connectivity index (χ4v) is 1.69. The minimum Gasteiger partial charge on any atom is -0.467 e. The summed E-state index contributed by atoms with van der Waals surface area (Å²) >= 11 is 3.19. The Balaban J connectivity index is 2.26. The molecule has 0 aromatic carbocycles. The van der Waals surface area contributed by atoms with E-state index >= 15 is 0 Å². The van der Waals surface area contributed by atoms with Crippen molar-refractivity contribution in [2.75, 3.05) is 13.7 Å². The van der Waals surface area contributed by atoms with E-state index in [0.717, 1.165) is 19.4 Å². The number of hydrogen-bond donors (Lipinski definition) is 0. The lowest BCUT2D eigenvalue weighted by molar-refractivity contribution is 0.0395. The van der Waals surface area contributed by atoms with Crippen molar-refractivity contribution >= 4 is 15.9 Å². The van der Waals surface area contributed by atoms with Crippen LogP contribution >= 0.6 is 15.9 Å². The average molecular weight is 248 g/mol. The number of ether oxygens (including phenoxy) is 2. The highest BCUT2D eigenvalue weighted by atomic mass is 79.9. The predicted molar refractivity (Wildman–Crippen MR) is 48.5 cm³/mol. The van der Waals surface area contributed by atoms with Crippen LogP contribution in [0.15, 0.2) is 4.73 Å². The van der Waals surface area contributed by atoms with E-state index in [-0.39, 0.29) is 6.23 Å². The zero-order chi connectivity index (χ0) is 9.26. The Morgan fingerprint density at radius 2 is 2.54 bits per heavy atom. The molecule has 2 heterocycles. The zero-order valence-corrected chi connectivity index (χ0v) is 8.82. The fraction of sp³-hybridized carbons (Fsp3) is 0.714. The quantitative estimate of drug-likeness (QED) is 0.792.